The minimum atomic E-state index is -5.13. The fourth-order valence-electron chi connectivity index (χ4n) is 3.35. The molecule has 0 aromatic heterocycles. The summed E-state index contributed by atoms with van der Waals surface area (Å²) in [6.07, 6.45) is -17.3. The van der Waals surface area contributed by atoms with E-state index in [1.165, 1.54) is 40.8 Å². The number of carbonyl (C=O) groups is 1. The highest BCUT2D eigenvalue weighted by molar-refractivity contribution is 14.1. The molecule has 3 rings (SSSR count). The number of alkyl halides is 9. The predicted molar refractivity (Wildman–Crippen MR) is 121 cm³/mol. The molecule has 1 atom stereocenters. The van der Waals surface area contributed by atoms with E-state index >= 15 is 0 Å². The van der Waals surface area contributed by atoms with Crippen LogP contribution in [0.5, 0.6) is 0 Å². The van der Waals surface area contributed by atoms with E-state index in [2.05, 4.69) is 26.4 Å². The summed E-state index contributed by atoms with van der Waals surface area (Å²) >= 11 is 4.62. The van der Waals surface area contributed by atoms with Gasteiger partial charge in [-0.05, 0) is 52.4 Å². The van der Waals surface area contributed by atoms with Crippen LogP contribution in [0, 0.1) is 3.57 Å². The largest absolute Gasteiger partial charge is 0.435 e. The summed E-state index contributed by atoms with van der Waals surface area (Å²) in [5.41, 5.74) is -4.97. The van der Waals surface area contributed by atoms with Gasteiger partial charge >= 0.3 is 18.5 Å². The van der Waals surface area contributed by atoms with Crippen molar-refractivity contribution in [1.29, 1.82) is 0 Å². The van der Waals surface area contributed by atoms with Gasteiger partial charge in [0.05, 0.1) is 11.3 Å². The Morgan fingerprint density at radius 2 is 1.72 bits per heavy atom. The van der Waals surface area contributed by atoms with Gasteiger partial charge in [0.25, 0.3) is 5.60 Å². The maximum atomic E-state index is 14.2. The predicted octanol–water partition coefficient (Wildman–Crippen LogP) is 7.22. The van der Waals surface area contributed by atoms with Crippen LogP contribution in [0.2, 0.25) is 0 Å². The van der Waals surface area contributed by atoms with Crippen molar-refractivity contribution in [1.82, 2.24) is 5.32 Å². The third-order valence-electron chi connectivity index (χ3n) is 5.10. The van der Waals surface area contributed by atoms with Crippen molar-refractivity contribution in [3.63, 3.8) is 0 Å². The van der Waals surface area contributed by atoms with E-state index in [1.807, 2.05) is 0 Å². The molecule has 0 bridgehead atoms. The number of hydrogen-bond acceptors (Lipinski definition) is 3. The normalized spacial score (nSPS) is 18.6. The lowest BCUT2D eigenvalue weighted by molar-refractivity contribution is -0.276. The molecule has 36 heavy (non-hydrogen) atoms. The Balaban J connectivity index is 1.86. The summed E-state index contributed by atoms with van der Waals surface area (Å²) in [7, 11) is 0. The van der Waals surface area contributed by atoms with Gasteiger partial charge in [-0.15, -0.1) is 0 Å². The third kappa shape index (κ3) is 6.44. The van der Waals surface area contributed by atoms with Crippen LogP contribution in [0.25, 0.3) is 0 Å². The monoisotopic (exact) mass is 702 g/mol. The van der Waals surface area contributed by atoms with Crippen molar-refractivity contribution in [2.24, 2.45) is 5.16 Å². The molecule has 196 valence electrons. The Kier molecular flexibility index (Phi) is 7.94. The Labute approximate surface area is 219 Å². The van der Waals surface area contributed by atoms with Gasteiger partial charge in [-0.2, -0.15) is 39.5 Å². The molecule has 0 fully saturated rings. The molecular formula is C21H13BrF9IN2O2. The van der Waals surface area contributed by atoms with Crippen molar-refractivity contribution in [3.8, 4) is 0 Å². The molecule has 0 saturated carbocycles. The number of nitrogens with zero attached hydrogens (tertiary/aromatic N) is 1. The number of hydrogen-bond donors (Lipinski definition) is 1. The SMILES string of the molecule is O=C(CC(F)(F)F)NCc1ccc(C2=NOC(c3cc(I)cc(C(F)(F)F)c3)(C(F)(F)F)C2)cc1Br. The molecule has 0 aliphatic carbocycles. The minimum Gasteiger partial charge on any atom is -0.374 e. The molecule has 0 spiro atoms. The van der Waals surface area contributed by atoms with Crippen LogP contribution >= 0.6 is 38.5 Å². The molecule has 0 radical (unpaired) electrons. The fourth-order valence-corrected chi connectivity index (χ4v) is 4.54. The average molecular weight is 703 g/mol. The summed E-state index contributed by atoms with van der Waals surface area (Å²) in [4.78, 5) is 16.2. The first-order chi connectivity index (χ1) is 16.4. The number of oxime groups is 1. The summed E-state index contributed by atoms with van der Waals surface area (Å²) < 4.78 is 119. The lowest BCUT2D eigenvalue weighted by Gasteiger charge is -2.30. The topological polar surface area (TPSA) is 50.7 Å². The van der Waals surface area contributed by atoms with E-state index < -0.39 is 54.0 Å². The van der Waals surface area contributed by atoms with E-state index in [4.69, 9.17) is 4.84 Å². The second kappa shape index (κ2) is 10.0. The van der Waals surface area contributed by atoms with Gasteiger partial charge in [-0.25, -0.2) is 0 Å². The molecule has 1 amide bonds. The molecule has 1 unspecified atom stereocenters. The van der Waals surface area contributed by atoms with Crippen LogP contribution in [0.4, 0.5) is 39.5 Å². The molecule has 1 N–H and O–H groups in total. The molecule has 1 aliphatic rings. The van der Waals surface area contributed by atoms with Gasteiger partial charge in [0.2, 0.25) is 5.91 Å². The van der Waals surface area contributed by atoms with E-state index in [0.29, 0.717) is 17.7 Å². The van der Waals surface area contributed by atoms with Gasteiger partial charge < -0.3 is 10.2 Å². The standard InChI is InChI=1S/C21H13BrF9IN2O2/c22-15-3-10(1-2-11(15)9-33-17(35)8-19(23,24)25)16-7-18(36-34-16,21(29,30)31)12-4-13(20(26,27)28)6-14(32)5-12/h1-6H,7-9H2,(H,33,35). The molecular weight excluding hydrogens is 690 g/mol. The van der Waals surface area contributed by atoms with Crippen molar-refractivity contribution in [3.05, 3.63) is 66.7 Å². The van der Waals surface area contributed by atoms with Crippen molar-refractivity contribution in [2.75, 3.05) is 0 Å². The number of amides is 1. The molecule has 2 aromatic rings. The highest BCUT2D eigenvalue weighted by Crippen LogP contribution is 2.50. The van der Waals surface area contributed by atoms with Crippen molar-refractivity contribution >= 4 is 50.1 Å². The summed E-state index contributed by atoms with van der Waals surface area (Å²) in [6, 6.07) is 5.97. The average Bonchev–Trinajstić information content (AvgIpc) is 3.17. The van der Waals surface area contributed by atoms with Crippen LogP contribution in [0.15, 0.2) is 46.0 Å². The maximum Gasteiger partial charge on any atom is 0.435 e. The zero-order valence-corrected chi connectivity index (χ0v) is 21.3. The van der Waals surface area contributed by atoms with Crippen LogP contribution in [0.3, 0.4) is 0 Å². The van der Waals surface area contributed by atoms with E-state index in [9.17, 15) is 44.3 Å². The molecule has 15 heteroatoms. The number of nitrogens with one attached hydrogen (secondary N) is 1. The summed E-state index contributed by atoms with van der Waals surface area (Å²) in [6.45, 7) is -0.298. The number of rotatable bonds is 5. The Morgan fingerprint density at radius 1 is 1.06 bits per heavy atom. The van der Waals surface area contributed by atoms with Crippen LogP contribution in [-0.4, -0.2) is 24.0 Å². The minimum absolute atomic E-state index is 0.0854. The molecule has 2 aromatic carbocycles. The van der Waals surface area contributed by atoms with E-state index in [0.717, 1.165) is 6.07 Å². The Hall–Kier alpha value is -2.04. The molecule has 4 nitrogen and oxygen atoms in total. The first kappa shape index (κ1) is 28.5. The lowest BCUT2D eigenvalue weighted by atomic mass is 9.85. The quantitative estimate of drug-likeness (QED) is 0.264. The molecule has 1 heterocycles. The van der Waals surface area contributed by atoms with Gasteiger partial charge in [-0.1, -0.05) is 33.2 Å². The van der Waals surface area contributed by atoms with Gasteiger partial charge in [-0.3, -0.25) is 4.79 Å². The second-order valence-corrected chi connectivity index (χ2v) is 9.83. The fraction of sp³-hybridized carbons (Fsp3) is 0.333. The van der Waals surface area contributed by atoms with Crippen LogP contribution in [-0.2, 0) is 28.0 Å². The highest BCUT2D eigenvalue weighted by atomic mass is 127. The zero-order valence-electron chi connectivity index (χ0n) is 17.5. The Bertz CT molecular complexity index is 1200. The second-order valence-electron chi connectivity index (χ2n) is 7.73. The number of halogens is 11. The first-order valence-corrected chi connectivity index (χ1v) is 11.6. The number of benzene rings is 2. The summed E-state index contributed by atoms with van der Waals surface area (Å²) in [5, 5.41) is 5.58. The summed E-state index contributed by atoms with van der Waals surface area (Å²) in [5.74, 6) is -1.27. The van der Waals surface area contributed by atoms with Gasteiger partial charge in [0, 0.05) is 32.1 Å². The first-order valence-electron chi connectivity index (χ1n) is 9.73. The van der Waals surface area contributed by atoms with Gasteiger partial charge in [0.15, 0.2) is 0 Å². The highest BCUT2D eigenvalue weighted by Gasteiger charge is 2.62. The van der Waals surface area contributed by atoms with Gasteiger partial charge in [0.1, 0.15) is 6.42 Å². The Morgan fingerprint density at radius 3 is 2.28 bits per heavy atom. The van der Waals surface area contributed by atoms with Crippen molar-refractivity contribution in [2.45, 2.75) is 43.5 Å². The maximum absolute atomic E-state index is 14.2. The molecule has 1 aliphatic heterocycles. The third-order valence-corrected chi connectivity index (χ3v) is 6.46. The van der Waals surface area contributed by atoms with E-state index in [-0.39, 0.29) is 25.9 Å². The number of carbonyl (C=O) groups excluding carboxylic acids is 1. The van der Waals surface area contributed by atoms with Crippen LogP contribution < -0.4 is 5.32 Å². The van der Waals surface area contributed by atoms with Crippen molar-refractivity contribution < 1.29 is 49.1 Å². The zero-order chi connectivity index (χ0) is 27.1. The smallest absolute Gasteiger partial charge is 0.374 e. The van der Waals surface area contributed by atoms with E-state index in [1.54, 1.807) is 0 Å². The van der Waals surface area contributed by atoms with Crippen LogP contribution in [0.1, 0.15) is 35.1 Å². The lowest BCUT2D eigenvalue weighted by Crippen LogP contribution is -2.43. The molecule has 0 saturated heterocycles.